The highest BCUT2D eigenvalue weighted by Gasteiger charge is 2.49. The van der Waals surface area contributed by atoms with E-state index in [1.165, 1.54) is 27.7 Å². The molecule has 45 heavy (non-hydrogen) atoms. The number of ether oxygens (including phenoxy) is 4. The van der Waals surface area contributed by atoms with Gasteiger partial charge in [0.15, 0.2) is 10.0 Å². The molecule has 0 aliphatic heterocycles. The van der Waals surface area contributed by atoms with Crippen molar-refractivity contribution in [3.8, 4) is 11.5 Å². The Kier molecular flexibility index (Phi) is 12.0. The molecule has 0 heterocycles. The van der Waals surface area contributed by atoms with Crippen LogP contribution in [0.2, 0.25) is 10.0 Å². The lowest BCUT2D eigenvalue weighted by Crippen LogP contribution is -2.36. The van der Waals surface area contributed by atoms with Gasteiger partial charge in [0, 0.05) is 12.1 Å². The second-order valence-electron chi connectivity index (χ2n) is 9.59. The predicted molar refractivity (Wildman–Crippen MR) is 148 cm³/mol. The van der Waals surface area contributed by atoms with Crippen molar-refractivity contribution in [2.45, 2.75) is 44.9 Å². The fraction of sp³-hybridized carbons (Fsp3) is 0.417. The molecule has 0 amide bonds. The second kappa shape index (κ2) is 14.4. The molecule has 2 rings (SSSR count). The third-order valence-corrected chi connectivity index (χ3v) is 6.83. The van der Waals surface area contributed by atoms with Gasteiger partial charge in [0.1, 0.15) is 36.4 Å². The predicted octanol–water partition coefficient (Wildman–Crippen LogP) is 5.63. The Labute approximate surface area is 262 Å². The van der Waals surface area contributed by atoms with E-state index in [2.05, 4.69) is 4.18 Å². The smallest absolute Gasteiger partial charge is 0.489 e. The standard InChI is InChI=1S/C24H23Cl2F3N2O13S/c1-5-40-21(32)12-6-15(30(34)35)19(25)17(8-12)41-10-14(44-45(38,39)24(27,28)29)11-42-18-9-13(22(33)43-23(2,3)4)7-16(20(18)26)31(36)37/h6-9,14H,5,10-11H2,1-4H3/t14-/m0/s1. The summed E-state index contributed by atoms with van der Waals surface area (Å²) in [6, 6.07) is 3.18. The Morgan fingerprint density at radius 2 is 1.29 bits per heavy atom. The van der Waals surface area contributed by atoms with E-state index >= 15 is 0 Å². The van der Waals surface area contributed by atoms with Crippen LogP contribution in [-0.4, -0.2) is 67.2 Å². The number of alkyl halides is 3. The summed E-state index contributed by atoms with van der Waals surface area (Å²) in [5.41, 5.74) is -9.62. The maximum Gasteiger partial charge on any atom is 0.523 e. The van der Waals surface area contributed by atoms with Gasteiger partial charge in [-0.2, -0.15) is 21.6 Å². The Hall–Kier alpha value is -3.94. The first-order valence-electron chi connectivity index (χ1n) is 12.2. The lowest BCUT2D eigenvalue weighted by atomic mass is 10.1. The van der Waals surface area contributed by atoms with Crippen LogP contribution in [0.15, 0.2) is 24.3 Å². The van der Waals surface area contributed by atoms with E-state index < -0.39 is 106 Å². The number of nitro benzene ring substituents is 2. The van der Waals surface area contributed by atoms with Crippen molar-refractivity contribution in [1.29, 1.82) is 0 Å². The van der Waals surface area contributed by atoms with Crippen molar-refractivity contribution in [3.05, 3.63) is 65.7 Å². The van der Waals surface area contributed by atoms with Crippen LogP contribution >= 0.6 is 23.2 Å². The summed E-state index contributed by atoms with van der Waals surface area (Å²) in [7, 11) is -6.33. The van der Waals surface area contributed by atoms with Crippen molar-refractivity contribution in [2.24, 2.45) is 0 Å². The Bertz CT molecular complexity index is 1600. The van der Waals surface area contributed by atoms with E-state index in [0.29, 0.717) is 0 Å². The molecule has 0 aromatic heterocycles. The van der Waals surface area contributed by atoms with Crippen molar-refractivity contribution in [2.75, 3.05) is 19.8 Å². The molecule has 0 radical (unpaired) electrons. The fourth-order valence-corrected chi connectivity index (χ4v) is 4.18. The molecule has 0 aliphatic rings. The van der Waals surface area contributed by atoms with E-state index in [0.717, 1.165) is 24.3 Å². The highest BCUT2D eigenvalue weighted by atomic mass is 35.5. The molecule has 1 atom stereocenters. The molecule has 2 aromatic carbocycles. The van der Waals surface area contributed by atoms with Crippen molar-refractivity contribution < 1.29 is 64.2 Å². The summed E-state index contributed by atoms with van der Waals surface area (Å²) in [5.74, 6) is -3.45. The largest absolute Gasteiger partial charge is 0.523 e. The Balaban J connectivity index is 2.51. The summed E-state index contributed by atoms with van der Waals surface area (Å²) in [4.78, 5) is 45.6. The zero-order valence-corrected chi connectivity index (χ0v) is 25.8. The average molecular weight is 707 g/mol. The van der Waals surface area contributed by atoms with Gasteiger partial charge in [-0.05, 0) is 39.8 Å². The van der Waals surface area contributed by atoms with Gasteiger partial charge >= 0.3 is 27.6 Å². The molecule has 0 spiro atoms. The number of carbonyl (C=O) groups excluding carboxylic acids is 2. The van der Waals surface area contributed by atoms with E-state index in [4.69, 9.17) is 42.1 Å². The minimum absolute atomic E-state index is 0.135. The highest BCUT2D eigenvalue weighted by molar-refractivity contribution is 7.87. The van der Waals surface area contributed by atoms with Crippen LogP contribution in [0.1, 0.15) is 48.4 Å². The SMILES string of the molecule is CCOC(=O)c1cc(OC[C@@H](COc2cc(C(=O)OC(C)(C)C)cc([N+](=O)[O-])c2Cl)OS(=O)(=O)C(F)(F)F)c(Cl)c([N+](=O)[O-])c1. The van der Waals surface area contributed by atoms with Crippen molar-refractivity contribution >= 4 is 56.6 Å². The zero-order valence-electron chi connectivity index (χ0n) is 23.5. The number of halogens is 5. The number of rotatable bonds is 13. The molecule has 0 fully saturated rings. The normalized spacial score (nSPS) is 12.6. The molecule has 0 aliphatic carbocycles. The Morgan fingerprint density at radius 1 is 0.867 bits per heavy atom. The number of hydrogen-bond donors (Lipinski definition) is 0. The number of nitro groups is 2. The lowest BCUT2D eigenvalue weighted by Gasteiger charge is -2.21. The highest BCUT2D eigenvalue weighted by Crippen LogP contribution is 2.38. The topological polar surface area (TPSA) is 201 Å². The minimum atomic E-state index is -6.33. The molecule has 15 nitrogen and oxygen atoms in total. The monoisotopic (exact) mass is 706 g/mol. The van der Waals surface area contributed by atoms with Crippen LogP contribution in [0.4, 0.5) is 24.5 Å². The van der Waals surface area contributed by atoms with Gasteiger partial charge in [-0.15, -0.1) is 0 Å². The van der Waals surface area contributed by atoms with Crippen LogP contribution < -0.4 is 9.47 Å². The number of benzene rings is 2. The third-order valence-electron chi connectivity index (χ3n) is 4.97. The van der Waals surface area contributed by atoms with Crippen LogP contribution in [0.3, 0.4) is 0 Å². The van der Waals surface area contributed by atoms with Crippen LogP contribution in [0.25, 0.3) is 0 Å². The summed E-state index contributed by atoms with van der Waals surface area (Å²) in [6.07, 6.45) is -2.24. The van der Waals surface area contributed by atoms with E-state index in [9.17, 15) is 51.4 Å². The average Bonchev–Trinajstić information content (AvgIpc) is 2.89. The summed E-state index contributed by atoms with van der Waals surface area (Å²) in [6.45, 7) is 3.44. The Morgan fingerprint density at radius 3 is 1.64 bits per heavy atom. The van der Waals surface area contributed by atoms with Gasteiger partial charge in [-0.1, -0.05) is 23.2 Å². The van der Waals surface area contributed by atoms with Crippen molar-refractivity contribution in [3.63, 3.8) is 0 Å². The van der Waals surface area contributed by atoms with Gasteiger partial charge < -0.3 is 18.9 Å². The van der Waals surface area contributed by atoms with Crippen LogP contribution in [-0.2, 0) is 23.8 Å². The molecule has 0 saturated heterocycles. The van der Waals surface area contributed by atoms with Gasteiger partial charge in [-0.3, -0.25) is 24.4 Å². The summed E-state index contributed by atoms with van der Waals surface area (Å²) < 4.78 is 87.5. The first-order valence-corrected chi connectivity index (χ1v) is 14.4. The number of nitrogens with zero attached hydrogens (tertiary/aromatic N) is 2. The van der Waals surface area contributed by atoms with E-state index in [-0.39, 0.29) is 6.61 Å². The maximum atomic E-state index is 13.1. The number of esters is 2. The molecule has 2 aromatic rings. The fourth-order valence-electron chi connectivity index (χ4n) is 3.13. The van der Waals surface area contributed by atoms with Crippen LogP contribution in [0, 0.1) is 20.2 Å². The number of hydrogen-bond acceptors (Lipinski definition) is 13. The third kappa shape index (κ3) is 10.0. The van der Waals surface area contributed by atoms with E-state index in [1.54, 1.807) is 0 Å². The number of carbonyl (C=O) groups is 2. The first-order chi connectivity index (χ1) is 20.6. The van der Waals surface area contributed by atoms with E-state index in [1.807, 2.05) is 0 Å². The second-order valence-corrected chi connectivity index (χ2v) is 11.9. The molecule has 248 valence electrons. The molecular formula is C24H23Cl2F3N2O13S. The zero-order chi connectivity index (χ0) is 34.5. The molecule has 21 heteroatoms. The molecule has 0 bridgehead atoms. The summed E-state index contributed by atoms with van der Waals surface area (Å²) in [5, 5.41) is 21.5. The van der Waals surface area contributed by atoms with Gasteiger partial charge in [-0.25, -0.2) is 9.59 Å². The van der Waals surface area contributed by atoms with Crippen molar-refractivity contribution in [1.82, 2.24) is 0 Å². The van der Waals surface area contributed by atoms with Gasteiger partial charge in [0.25, 0.3) is 11.4 Å². The quantitative estimate of drug-likeness (QED) is 0.0816. The molecule has 0 unspecified atom stereocenters. The maximum absolute atomic E-state index is 13.1. The van der Waals surface area contributed by atoms with Gasteiger partial charge in [0.05, 0.1) is 27.6 Å². The lowest BCUT2D eigenvalue weighted by molar-refractivity contribution is -0.384. The molecule has 0 saturated carbocycles. The van der Waals surface area contributed by atoms with Crippen LogP contribution in [0.5, 0.6) is 11.5 Å². The first kappa shape index (κ1) is 37.2. The van der Waals surface area contributed by atoms with Gasteiger partial charge in [0.2, 0.25) is 0 Å². The summed E-state index contributed by atoms with van der Waals surface area (Å²) >= 11 is 12.0. The molecule has 0 N–H and O–H groups in total. The minimum Gasteiger partial charge on any atom is -0.489 e. The molecular weight excluding hydrogens is 684 g/mol.